The highest BCUT2D eigenvalue weighted by Gasteiger charge is 2.04. The molecule has 3 N–H and O–H groups in total. The molecule has 18 heavy (non-hydrogen) atoms. The smallest absolute Gasteiger partial charge is 0.387 e. The summed E-state index contributed by atoms with van der Waals surface area (Å²) in [6, 6.07) is 7.60. The Kier molecular flexibility index (Phi) is 3.52. The number of hydrogen-bond acceptors (Lipinski definition) is 5. The Morgan fingerprint density at radius 1 is 1.17 bits per heavy atom. The second kappa shape index (κ2) is 5.26. The molecule has 94 valence electrons. The molecule has 0 aliphatic carbocycles. The molecule has 0 spiro atoms. The topological polar surface area (TPSA) is 73.1 Å². The number of anilines is 3. The van der Waals surface area contributed by atoms with Gasteiger partial charge >= 0.3 is 6.61 Å². The Balaban J connectivity index is 2.06. The van der Waals surface area contributed by atoms with Crippen molar-refractivity contribution < 1.29 is 13.5 Å². The van der Waals surface area contributed by atoms with Crippen LogP contribution in [0.25, 0.3) is 0 Å². The molecule has 5 nitrogen and oxygen atoms in total. The van der Waals surface area contributed by atoms with Crippen molar-refractivity contribution in [3.63, 3.8) is 0 Å². The number of halogens is 2. The van der Waals surface area contributed by atoms with E-state index in [2.05, 4.69) is 20.0 Å². The summed E-state index contributed by atoms with van der Waals surface area (Å²) >= 11 is 0. The third-order valence-electron chi connectivity index (χ3n) is 2.04. The van der Waals surface area contributed by atoms with E-state index in [0.29, 0.717) is 17.3 Å². The lowest BCUT2D eigenvalue weighted by Crippen LogP contribution is -2.02. The van der Waals surface area contributed by atoms with E-state index in [-0.39, 0.29) is 5.75 Å². The summed E-state index contributed by atoms with van der Waals surface area (Å²) in [4.78, 5) is 7.70. The molecule has 0 bridgehead atoms. The van der Waals surface area contributed by atoms with Crippen LogP contribution in [0.4, 0.5) is 26.1 Å². The lowest BCUT2D eigenvalue weighted by Gasteiger charge is -2.07. The van der Waals surface area contributed by atoms with E-state index in [0.717, 1.165) is 0 Å². The van der Waals surface area contributed by atoms with E-state index < -0.39 is 6.61 Å². The summed E-state index contributed by atoms with van der Waals surface area (Å²) < 4.78 is 28.1. The van der Waals surface area contributed by atoms with Gasteiger partial charge in [0.05, 0.1) is 0 Å². The molecule has 0 saturated carbocycles. The summed E-state index contributed by atoms with van der Waals surface area (Å²) in [7, 11) is 0. The Morgan fingerprint density at radius 2 is 1.89 bits per heavy atom. The fraction of sp³-hybridized carbons (Fsp3) is 0.0909. The first-order valence-corrected chi connectivity index (χ1v) is 5.03. The van der Waals surface area contributed by atoms with E-state index in [1.807, 2.05) is 0 Å². The first-order valence-electron chi connectivity index (χ1n) is 5.03. The number of nitrogens with one attached hydrogen (secondary N) is 1. The summed E-state index contributed by atoms with van der Waals surface area (Å²) in [5.41, 5.74) is 6.17. The maximum atomic E-state index is 11.9. The molecule has 1 aromatic heterocycles. The van der Waals surface area contributed by atoms with E-state index in [4.69, 9.17) is 5.73 Å². The maximum Gasteiger partial charge on any atom is 0.387 e. The SMILES string of the molecule is Nc1cc(Nc2ccc(OC(F)F)cc2)ncn1. The minimum Gasteiger partial charge on any atom is -0.435 e. The Hall–Kier alpha value is -2.44. The second-order valence-electron chi connectivity index (χ2n) is 3.36. The number of hydrogen-bond donors (Lipinski definition) is 2. The van der Waals surface area contributed by atoms with Gasteiger partial charge in [-0.25, -0.2) is 9.97 Å². The van der Waals surface area contributed by atoms with E-state index in [1.165, 1.54) is 18.5 Å². The van der Waals surface area contributed by atoms with Crippen LogP contribution in [0.1, 0.15) is 0 Å². The average molecular weight is 252 g/mol. The number of benzene rings is 1. The molecule has 0 amide bonds. The largest absolute Gasteiger partial charge is 0.435 e. The van der Waals surface area contributed by atoms with Crippen molar-refractivity contribution in [2.24, 2.45) is 0 Å². The number of ether oxygens (including phenoxy) is 1. The highest BCUT2D eigenvalue weighted by Crippen LogP contribution is 2.20. The van der Waals surface area contributed by atoms with Gasteiger partial charge in [0, 0.05) is 11.8 Å². The molecular formula is C11H10F2N4O. The number of nitrogens with two attached hydrogens (primary N) is 1. The fourth-order valence-electron chi connectivity index (χ4n) is 1.31. The van der Waals surface area contributed by atoms with Gasteiger partial charge in [-0.15, -0.1) is 0 Å². The van der Waals surface area contributed by atoms with Gasteiger partial charge in [0.2, 0.25) is 0 Å². The van der Waals surface area contributed by atoms with Crippen LogP contribution in [0, 0.1) is 0 Å². The zero-order chi connectivity index (χ0) is 13.0. The number of nitrogens with zero attached hydrogens (tertiary/aromatic N) is 2. The normalized spacial score (nSPS) is 10.4. The van der Waals surface area contributed by atoms with E-state index in [9.17, 15) is 8.78 Å². The van der Waals surface area contributed by atoms with Crippen LogP contribution in [0.2, 0.25) is 0 Å². The van der Waals surface area contributed by atoms with Gasteiger partial charge in [-0.3, -0.25) is 0 Å². The van der Waals surface area contributed by atoms with Gasteiger partial charge in [0.15, 0.2) is 0 Å². The first-order chi connectivity index (χ1) is 8.63. The van der Waals surface area contributed by atoms with Crippen LogP contribution in [0.15, 0.2) is 36.7 Å². The molecular weight excluding hydrogens is 242 g/mol. The number of aromatic nitrogens is 2. The van der Waals surface area contributed by atoms with Crippen molar-refractivity contribution >= 4 is 17.3 Å². The first kappa shape index (κ1) is 12.0. The molecule has 2 aromatic rings. The summed E-state index contributed by atoms with van der Waals surface area (Å²) in [6.07, 6.45) is 1.33. The molecule has 0 unspecified atom stereocenters. The van der Waals surface area contributed by atoms with Crippen LogP contribution in [0.5, 0.6) is 5.75 Å². The third kappa shape index (κ3) is 3.27. The van der Waals surface area contributed by atoms with Crippen molar-refractivity contribution in [2.45, 2.75) is 6.61 Å². The van der Waals surface area contributed by atoms with Crippen LogP contribution >= 0.6 is 0 Å². The van der Waals surface area contributed by atoms with Crippen molar-refractivity contribution in [3.8, 4) is 5.75 Å². The van der Waals surface area contributed by atoms with Gasteiger partial charge < -0.3 is 15.8 Å². The standard InChI is InChI=1S/C11H10F2N4O/c12-11(13)18-8-3-1-7(2-4-8)17-10-5-9(14)15-6-16-10/h1-6,11H,(H3,14,15,16,17). The Bertz CT molecular complexity index is 519. The highest BCUT2D eigenvalue weighted by molar-refractivity contribution is 5.58. The van der Waals surface area contributed by atoms with Crippen LogP contribution in [-0.2, 0) is 0 Å². The molecule has 0 saturated heterocycles. The van der Waals surface area contributed by atoms with Gasteiger partial charge in [-0.2, -0.15) is 8.78 Å². The molecule has 0 radical (unpaired) electrons. The molecule has 0 aliphatic heterocycles. The Morgan fingerprint density at radius 3 is 2.50 bits per heavy atom. The van der Waals surface area contributed by atoms with Crippen molar-refractivity contribution in [2.75, 3.05) is 11.1 Å². The number of nitrogen functional groups attached to an aromatic ring is 1. The van der Waals surface area contributed by atoms with Gasteiger partial charge in [-0.1, -0.05) is 0 Å². The average Bonchev–Trinajstić information content (AvgIpc) is 2.31. The minimum absolute atomic E-state index is 0.0951. The predicted molar refractivity (Wildman–Crippen MR) is 62.8 cm³/mol. The van der Waals surface area contributed by atoms with Crippen LogP contribution in [0.3, 0.4) is 0 Å². The number of rotatable bonds is 4. The maximum absolute atomic E-state index is 11.9. The number of alkyl halides is 2. The zero-order valence-electron chi connectivity index (χ0n) is 9.18. The van der Waals surface area contributed by atoms with Crippen LogP contribution in [-0.4, -0.2) is 16.6 Å². The lowest BCUT2D eigenvalue weighted by molar-refractivity contribution is -0.0498. The molecule has 0 atom stereocenters. The highest BCUT2D eigenvalue weighted by atomic mass is 19.3. The molecule has 7 heteroatoms. The van der Waals surface area contributed by atoms with E-state index in [1.54, 1.807) is 18.2 Å². The predicted octanol–water partition coefficient (Wildman–Crippen LogP) is 2.40. The lowest BCUT2D eigenvalue weighted by atomic mass is 10.3. The molecule has 1 aromatic carbocycles. The zero-order valence-corrected chi connectivity index (χ0v) is 9.18. The second-order valence-corrected chi connectivity index (χ2v) is 3.36. The van der Waals surface area contributed by atoms with Crippen molar-refractivity contribution in [3.05, 3.63) is 36.7 Å². The molecule has 0 aliphatic rings. The van der Waals surface area contributed by atoms with E-state index >= 15 is 0 Å². The quantitative estimate of drug-likeness (QED) is 0.874. The molecule has 0 fully saturated rings. The molecule has 2 rings (SSSR count). The Labute approximate surface area is 102 Å². The van der Waals surface area contributed by atoms with Crippen molar-refractivity contribution in [1.82, 2.24) is 9.97 Å². The van der Waals surface area contributed by atoms with Crippen LogP contribution < -0.4 is 15.8 Å². The van der Waals surface area contributed by atoms with Crippen molar-refractivity contribution in [1.29, 1.82) is 0 Å². The van der Waals surface area contributed by atoms with Gasteiger partial charge in [-0.05, 0) is 24.3 Å². The minimum atomic E-state index is -2.83. The summed E-state index contributed by atoms with van der Waals surface area (Å²) in [5, 5.41) is 2.95. The fourth-order valence-corrected chi connectivity index (χ4v) is 1.31. The monoisotopic (exact) mass is 252 g/mol. The van der Waals surface area contributed by atoms with Gasteiger partial charge in [0.25, 0.3) is 0 Å². The summed E-state index contributed by atoms with van der Waals surface area (Å²) in [5.74, 6) is 0.952. The third-order valence-corrected chi connectivity index (χ3v) is 2.04. The summed E-state index contributed by atoms with van der Waals surface area (Å²) in [6.45, 7) is -2.83. The van der Waals surface area contributed by atoms with Gasteiger partial charge in [0.1, 0.15) is 23.7 Å². The molecule has 1 heterocycles.